The number of nitrogens with zero attached hydrogens (tertiary/aromatic N) is 1. The van der Waals surface area contributed by atoms with Crippen LogP contribution in [0.3, 0.4) is 0 Å². The van der Waals surface area contributed by atoms with Crippen molar-refractivity contribution in [1.82, 2.24) is 10.2 Å². The molecule has 2 aliphatic rings. The van der Waals surface area contributed by atoms with E-state index in [2.05, 4.69) is 5.32 Å². The first-order valence-electron chi connectivity index (χ1n) is 7.86. The Labute approximate surface area is 127 Å². The van der Waals surface area contributed by atoms with Crippen LogP contribution < -0.4 is 5.32 Å². The summed E-state index contributed by atoms with van der Waals surface area (Å²) in [7, 11) is 1.98. The van der Waals surface area contributed by atoms with Crippen LogP contribution in [0.4, 0.5) is 4.79 Å². The first-order chi connectivity index (χ1) is 9.90. The van der Waals surface area contributed by atoms with E-state index in [0.29, 0.717) is 5.92 Å². The Kier molecular flexibility index (Phi) is 5.14. The van der Waals surface area contributed by atoms with Gasteiger partial charge in [0.15, 0.2) is 0 Å². The van der Waals surface area contributed by atoms with Crippen LogP contribution in [0.5, 0.6) is 0 Å². The van der Waals surface area contributed by atoms with Crippen molar-refractivity contribution in [1.29, 1.82) is 0 Å². The van der Waals surface area contributed by atoms with Gasteiger partial charge < -0.3 is 19.7 Å². The smallest absolute Gasteiger partial charge is 0.410 e. The Morgan fingerprint density at radius 2 is 2.29 bits per heavy atom. The fraction of sp³-hybridized carbons (Fsp3) is 0.812. The average Bonchev–Trinajstić information content (AvgIpc) is 2.89. The molecule has 120 valence electrons. The van der Waals surface area contributed by atoms with Gasteiger partial charge in [-0.1, -0.05) is 0 Å². The molecule has 5 heteroatoms. The molecule has 21 heavy (non-hydrogen) atoms. The fourth-order valence-corrected chi connectivity index (χ4v) is 3.09. The Morgan fingerprint density at radius 3 is 2.86 bits per heavy atom. The monoisotopic (exact) mass is 296 g/mol. The second kappa shape index (κ2) is 6.69. The molecule has 0 bridgehead atoms. The molecule has 2 heterocycles. The molecule has 2 atom stereocenters. The summed E-state index contributed by atoms with van der Waals surface area (Å²) in [4.78, 5) is 14.0. The third-order valence-electron chi connectivity index (χ3n) is 4.02. The zero-order valence-electron chi connectivity index (χ0n) is 13.6. The highest BCUT2D eigenvalue weighted by molar-refractivity contribution is 5.68. The summed E-state index contributed by atoms with van der Waals surface area (Å²) in [5.74, 6) is 0.426. The van der Waals surface area contributed by atoms with Crippen LogP contribution in [-0.4, -0.2) is 49.4 Å². The minimum Gasteiger partial charge on any atom is -0.501 e. The molecule has 1 N–H and O–H groups in total. The van der Waals surface area contributed by atoms with Crippen LogP contribution in [0, 0.1) is 5.92 Å². The molecule has 0 spiro atoms. The van der Waals surface area contributed by atoms with Crippen molar-refractivity contribution in [3.63, 3.8) is 0 Å². The largest absolute Gasteiger partial charge is 0.501 e. The van der Waals surface area contributed by atoms with Crippen molar-refractivity contribution in [2.75, 3.05) is 26.7 Å². The molecule has 1 amide bonds. The van der Waals surface area contributed by atoms with Crippen molar-refractivity contribution in [3.05, 3.63) is 11.8 Å². The minimum absolute atomic E-state index is 0.200. The van der Waals surface area contributed by atoms with Crippen LogP contribution in [-0.2, 0) is 9.47 Å². The van der Waals surface area contributed by atoms with Gasteiger partial charge in [0, 0.05) is 19.1 Å². The van der Waals surface area contributed by atoms with Gasteiger partial charge in [0.25, 0.3) is 0 Å². The zero-order valence-corrected chi connectivity index (χ0v) is 13.6. The van der Waals surface area contributed by atoms with Crippen LogP contribution in [0.15, 0.2) is 11.8 Å². The normalized spacial score (nSPS) is 24.3. The Bertz CT molecular complexity index is 401. The molecule has 2 unspecified atom stereocenters. The predicted molar refractivity (Wildman–Crippen MR) is 82.0 cm³/mol. The molecule has 1 saturated heterocycles. The number of amides is 1. The van der Waals surface area contributed by atoms with Crippen molar-refractivity contribution >= 4 is 6.09 Å². The predicted octanol–water partition coefficient (Wildman–Crippen LogP) is 2.53. The van der Waals surface area contributed by atoms with E-state index in [0.717, 1.165) is 39.0 Å². The van der Waals surface area contributed by atoms with Crippen LogP contribution >= 0.6 is 0 Å². The summed E-state index contributed by atoms with van der Waals surface area (Å²) in [6.45, 7) is 8.04. The van der Waals surface area contributed by atoms with Gasteiger partial charge in [-0.15, -0.1) is 0 Å². The van der Waals surface area contributed by atoms with Gasteiger partial charge >= 0.3 is 6.09 Å². The summed E-state index contributed by atoms with van der Waals surface area (Å²) in [5.41, 5.74) is 0.886. The molecule has 0 radical (unpaired) electrons. The number of carbonyl (C=O) groups is 1. The molecular formula is C16H28N2O3. The lowest BCUT2D eigenvalue weighted by Gasteiger charge is -2.28. The molecule has 0 aromatic rings. The summed E-state index contributed by atoms with van der Waals surface area (Å²) < 4.78 is 10.9. The van der Waals surface area contributed by atoms with Gasteiger partial charge in [0.1, 0.15) is 5.60 Å². The molecule has 0 aliphatic carbocycles. The van der Waals surface area contributed by atoms with E-state index in [4.69, 9.17) is 9.47 Å². The number of hydrogen-bond acceptors (Lipinski definition) is 4. The average molecular weight is 296 g/mol. The van der Waals surface area contributed by atoms with E-state index in [-0.39, 0.29) is 12.1 Å². The molecule has 0 saturated carbocycles. The second-order valence-electron chi connectivity index (χ2n) is 6.91. The second-order valence-corrected chi connectivity index (χ2v) is 6.91. The molecule has 0 aromatic heterocycles. The Balaban J connectivity index is 1.94. The lowest BCUT2D eigenvalue weighted by atomic mass is 9.90. The van der Waals surface area contributed by atoms with E-state index >= 15 is 0 Å². The first-order valence-corrected chi connectivity index (χ1v) is 7.86. The lowest BCUT2D eigenvalue weighted by Crippen LogP contribution is -2.40. The van der Waals surface area contributed by atoms with Crippen molar-refractivity contribution in [2.45, 2.75) is 51.7 Å². The molecule has 2 aliphatic heterocycles. The number of likely N-dealkylation sites (tertiary alicyclic amines) is 1. The maximum Gasteiger partial charge on any atom is 0.410 e. The van der Waals surface area contributed by atoms with Gasteiger partial charge in [0.2, 0.25) is 0 Å². The van der Waals surface area contributed by atoms with E-state index in [1.165, 1.54) is 5.57 Å². The first kappa shape index (κ1) is 16.1. The van der Waals surface area contributed by atoms with Crippen LogP contribution in [0.25, 0.3) is 0 Å². The van der Waals surface area contributed by atoms with Gasteiger partial charge in [-0.2, -0.15) is 0 Å². The highest BCUT2D eigenvalue weighted by atomic mass is 16.6. The molecule has 5 nitrogen and oxygen atoms in total. The Hall–Kier alpha value is -1.23. The number of carbonyl (C=O) groups excluding carboxylic acids is 1. The maximum atomic E-state index is 12.1. The molecule has 0 aromatic carbocycles. The third-order valence-corrected chi connectivity index (χ3v) is 4.02. The Morgan fingerprint density at radius 1 is 1.52 bits per heavy atom. The summed E-state index contributed by atoms with van der Waals surface area (Å²) in [6.07, 6.45) is 4.86. The minimum atomic E-state index is -0.433. The summed E-state index contributed by atoms with van der Waals surface area (Å²) in [6, 6.07) is 0.290. The number of nitrogens with one attached hydrogen (secondary N) is 1. The topological polar surface area (TPSA) is 50.8 Å². The van der Waals surface area contributed by atoms with Crippen molar-refractivity contribution in [2.24, 2.45) is 5.92 Å². The van der Waals surface area contributed by atoms with E-state index < -0.39 is 5.60 Å². The van der Waals surface area contributed by atoms with Crippen molar-refractivity contribution in [3.8, 4) is 0 Å². The van der Waals surface area contributed by atoms with Gasteiger partial charge in [0.05, 0.1) is 12.9 Å². The zero-order chi connectivity index (χ0) is 15.5. The SMILES string of the molecule is CNC(C1=COCCC1)C1CCN(C(=O)OC(C)(C)C)C1. The van der Waals surface area contributed by atoms with Gasteiger partial charge in [-0.05, 0) is 58.6 Å². The highest BCUT2D eigenvalue weighted by Crippen LogP contribution is 2.28. The molecule has 1 fully saturated rings. The highest BCUT2D eigenvalue weighted by Gasteiger charge is 2.35. The number of rotatable bonds is 3. The van der Waals surface area contributed by atoms with Gasteiger partial charge in [-0.25, -0.2) is 4.79 Å². The number of likely N-dealkylation sites (N-methyl/N-ethyl adjacent to an activating group) is 1. The van der Waals surface area contributed by atoms with E-state index in [1.54, 1.807) is 0 Å². The summed E-state index contributed by atoms with van der Waals surface area (Å²) in [5, 5.41) is 3.39. The molecule has 2 rings (SSSR count). The summed E-state index contributed by atoms with van der Waals surface area (Å²) >= 11 is 0. The van der Waals surface area contributed by atoms with Crippen LogP contribution in [0.2, 0.25) is 0 Å². The number of hydrogen-bond donors (Lipinski definition) is 1. The van der Waals surface area contributed by atoms with E-state index in [9.17, 15) is 4.79 Å². The van der Waals surface area contributed by atoms with Gasteiger partial charge in [-0.3, -0.25) is 0 Å². The fourth-order valence-electron chi connectivity index (χ4n) is 3.09. The third kappa shape index (κ3) is 4.37. The lowest BCUT2D eigenvalue weighted by molar-refractivity contribution is 0.0286. The number of ether oxygens (including phenoxy) is 2. The van der Waals surface area contributed by atoms with Crippen LogP contribution in [0.1, 0.15) is 40.0 Å². The maximum absolute atomic E-state index is 12.1. The van der Waals surface area contributed by atoms with Crippen molar-refractivity contribution < 1.29 is 14.3 Å². The standard InChI is InChI=1S/C16H28N2O3/c1-16(2,3)21-15(19)18-8-7-12(10-18)14(17-4)13-6-5-9-20-11-13/h11-12,14,17H,5-10H2,1-4H3. The molecular weight excluding hydrogens is 268 g/mol. The quantitative estimate of drug-likeness (QED) is 0.869. The van der Waals surface area contributed by atoms with E-state index in [1.807, 2.05) is 39.0 Å².